The summed E-state index contributed by atoms with van der Waals surface area (Å²) in [4.78, 5) is 2.55. The Kier molecular flexibility index (Phi) is 2.81. The molecule has 0 amide bonds. The Morgan fingerprint density at radius 2 is 1.62 bits per heavy atom. The van der Waals surface area contributed by atoms with Crippen molar-refractivity contribution in [3.05, 3.63) is 102 Å². The van der Waals surface area contributed by atoms with Crippen LogP contribution in [0.25, 0.3) is 10.8 Å². The van der Waals surface area contributed by atoms with Gasteiger partial charge < -0.3 is 0 Å². The summed E-state index contributed by atoms with van der Waals surface area (Å²) in [6, 6.07) is 24.9. The SMILES string of the molecule is C1=CC2C(C=C1)[N+]1=C(c3ccccc3C1)N2c1cccc2ccccc12. The largest absolute Gasteiger partial charge is 0.286 e. The fourth-order valence-corrected chi connectivity index (χ4v) is 4.75. The topological polar surface area (TPSA) is 6.25 Å². The molecule has 2 nitrogen and oxygen atoms in total. The average molecular weight is 335 g/mol. The summed E-state index contributed by atoms with van der Waals surface area (Å²) in [7, 11) is 0. The van der Waals surface area contributed by atoms with Gasteiger partial charge in [0, 0.05) is 10.9 Å². The number of rotatable bonds is 1. The zero-order valence-corrected chi connectivity index (χ0v) is 14.4. The van der Waals surface area contributed by atoms with Crippen LogP contribution >= 0.6 is 0 Å². The Hall–Kier alpha value is -3.13. The van der Waals surface area contributed by atoms with E-state index in [1.54, 1.807) is 0 Å². The number of fused-ring (bicyclic) bond motifs is 5. The van der Waals surface area contributed by atoms with Gasteiger partial charge in [-0.05, 0) is 29.7 Å². The molecular weight excluding hydrogens is 316 g/mol. The molecule has 0 radical (unpaired) electrons. The molecule has 0 saturated carbocycles. The van der Waals surface area contributed by atoms with E-state index in [0.717, 1.165) is 6.54 Å². The lowest BCUT2D eigenvalue weighted by Crippen LogP contribution is -2.40. The quantitative estimate of drug-likeness (QED) is 0.594. The maximum absolute atomic E-state index is 2.57. The van der Waals surface area contributed by atoms with Crippen molar-refractivity contribution in [2.75, 3.05) is 4.90 Å². The van der Waals surface area contributed by atoms with Gasteiger partial charge >= 0.3 is 0 Å². The van der Waals surface area contributed by atoms with Crippen LogP contribution < -0.4 is 4.90 Å². The first kappa shape index (κ1) is 14.1. The lowest BCUT2D eigenvalue weighted by Gasteiger charge is -2.23. The highest BCUT2D eigenvalue weighted by atomic mass is 15.4. The Morgan fingerprint density at radius 3 is 2.62 bits per heavy atom. The highest BCUT2D eigenvalue weighted by molar-refractivity contribution is 6.14. The summed E-state index contributed by atoms with van der Waals surface area (Å²) < 4.78 is 2.57. The molecule has 2 heteroatoms. The Bertz CT molecular complexity index is 1130. The molecule has 2 heterocycles. The van der Waals surface area contributed by atoms with Gasteiger partial charge in [-0.3, -0.25) is 0 Å². The smallest absolute Gasteiger partial charge is 0.246 e. The average Bonchev–Trinajstić information content (AvgIpc) is 3.22. The number of amidine groups is 1. The zero-order chi connectivity index (χ0) is 17.1. The maximum atomic E-state index is 2.57. The van der Waals surface area contributed by atoms with Gasteiger partial charge in [0.15, 0.2) is 12.1 Å². The third-order valence-corrected chi connectivity index (χ3v) is 5.86. The predicted molar refractivity (Wildman–Crippen MR) is 107 cm³/mol. The second-order valence-corrected chi connectivity index (χ2v) is 7.23. The summed E-state index contributed by atoms with van der Waals surface area (Å²) >= 11 is 0. The van der Waals surface area contributed by atoms with Crippen LogP contribution in [0.1, 0.15) is 11.1 Å². The second kappa shape index (κ2) is 5.18. The first-order valence-electron chi connectivity index (χ1n) is 9.26. The van der Waals surface area contributed by atoms with E-state index in [4.69, 9.17) is 0 Å². The molecule has 0 aromatic heterocycles. The van der Waals surface area contributed by atoms with Gasteiger partial charge in [0.2, 0.25) is 0 Å². The van der Waals surface area contributed by atoms with Crippen molar-refractivity contribution in [2.24, 2.45) is 0 Å². The van der Waals surface area contributed by atoms with Crippen LogP contribution in [-0.2, 0) is 6.54 Å². The minimum Gasteiger partial charge on any atom is -0.246 e. The fraction of sp³-hybridized carbons (Fsp3) is 0.125. The minimum atomic E-state index is 0.342. The Labute approximate surface area is 153 Å². The molecule has 0 bridgehead atoms. The Balaban J connectivity index is 1.63. The Morgan fingerprint density at radius 1 is 0.808 bits per heavy atom. The molecule has 3 aromatic carbocycles. The highest BCUT2D eigenvalue weighted by Crippen LogP contribution is 2.38. The van der Waals surface area contributed by atoms with Gasteiger partial charge in [-0.2, -0.15) is 0 Å². The standard InChI is InChI=1S/C24H19N2/c1-3-11-19-17(8-1)10-7-15-21(19)26-23-14-6-5-13-22(23)25-16-18-9-2-4-12-20(18)24(25)26/h1-15,22-23H,16H2/q+1. The molecule has 124 valence electrons. The van der Waals surface area contributed by atoms with E-state index in [-0.39, 0.29) is 0 Å². The lowest BCUT2D eigenvalue weighted by molar-refractivity contribution is -0.558. The molecule has 1 aliphatic carbocycles. The lowest BCUT2D eigenvalue weighted by atomic mass is 9.98. The van der Waals surface area contributed by atoms with Crippen molar-refractivity contribution in [2.45, 2.75) is 18.6 Å². The number of allylic oxidation sites excluding steroid dienone is 2. The summed E-state index contributed by atoms with van der Waals surface area (Å²) in [5.41, 5.74) is 4.10. The first-order chi connectivity index (χ1) is 12.9. The first-order valence-corrected chi connectivity index (χ1v) is 9.26. The molecule has 2 atom stereocenters. The second-order valence-electron chi connectivity index (χ2n) is 7.23. The summed E-state index contributed by atoms with van der Waals surface area (Å²) in [5.74, 6) is 1.35. The predicted octanol–water partition coefficient (Wildman–Crippen LogP) is 4.50. The monoisotopic (exact) mass is 335 g/mol. The molecule has 3 aliphatic rings. The van der Waals surface area contributed by atoms with Crippen LogP contribution in [0.4, 0.5) is 5.69 Å². The molecule has 2 aliphatic heterocycles. The van der Waals surface area contributed by atoms with Gasteiger partial charge in [-0.15, -0.1) is 0 Å². The van der Waals surface area contributed by atoms with E-state index in [9.17, 15) is 0 Å². The van der Waals surface area contributed by atoms with Crippen LogP contribution in [0, 0.1) is 0 Å². The van der Waals surface area contributed by atoms with Crippen LogP contribution in [-0.4, -0.2) is 22.5 Å². The molecule has 0 spiro atoms. The third-order valence-electron chi connectivity index (χ3n) is 5.86. The summed E-state index contributed by atoms with van der Waals surface area (Å²) in [6.45, 7) is 0.992. The van der Waals surface area contributed by atoms with Gasteiger partial charge in [0.25, 0.3) is 5.84 Å². The van der Waals surface area contributed by atoms with Gasteiger partial charge in [-0.1, -0.05) is 66.7 Å². The molecule has 2 unspecified atom stereocenters. The number of nitrogens with zero attached hydrogens (tertiary/aromatic N) is 2. The van der Waals surface area contributed by atoms with Crippen molar-refractivity contribution in [3.63, 3.8) is 0 Å². The van der Waals surface area contributed by atoms with E-state index >= 15 is 0 Å². The van der Waals surface area contributed by atoms with Crippen molar-refractivity contribution in [3.8, 4) is 0 Å². The third kappa shape index (κ3) is 1.79. The van der Waals surface area contributed by atoms with Crippen LogP contribution in [0.5, 0.6) is 0 Å². The van der Waals surface area contributed by atoms with Gasteiger partial charge in [0.05, 0.1) is 5.56 Å². The highest BCUT2D eigenvalue weighted by Gasteiger charge is 2.51. The molecule has 6 rings (SSSR count). The zero-order valence-electron chi connectivity index (χ0n) is 14.4. The minimum absolute atomic E-state index is 0.342. The van der Waals surface area contributed by atoms with Gasteiger partial charge in [-0.25, -0.2) is 9.48 Å². The summed E-state index contributed by atoms with van der Waals surface area (Å²) in [6.07, 6.45) is 9.07. The molecule has 3 aromatic rings. The van der Waals surface area contributed by atoms with E-state index in [2.05, 4.69) is 101 Å². The molecule has 0 saturated heterocycles. The van der Waals surface area contributed by atoms with Crippen molar-refractivity contribution in [1.82, 2.24) is 0 Å². The molecule has 0 N–H and O–H groups in total. The summed E-state index contributed by atoms with van der Waals surface area (Å²) in [5, 5.41) is 2.61. The van der Waals surface area contributed by atoms with E-state index < -0.39 is 0 Å². The van der Waals surface area contributed by atoms with Gasteiger partial charge in [0.1, 0.15) is 12.2 Å². The van der Waals surface area contributed by atoms with Crippen molar-refractivity contribution < 1.29 is 4.58 Å². The van der Waals surface area contributed by atoms with Crippen LogP contribution in [0.15, 0.2) is 91.0 Å². The number of benzene rings is 3. The fourth-order valence-electron chi connectivity index (χ4n) is 4.75. The normalized spacial score (nSPS) is 22.7. The van der Waals surface area contributed by atoms with Crippen LogP contribution in [0.2, 0.25) is 0 Å². The van der Waals surface area contributed by atoms with E-state index in [1.807, 2.05) is 0 Å². The number of anilines is 1. The molecule has 0 fully saturated rings. The van der Waals surface area contributed by atoms with Crippen molar-refractivity contribution in [1.29, 1.82) is 0 Å². The number of hydrogen-bond acceptors (Lipinski definition) is 1. The molecular formula is C24H19N2+. The van der Waals surface area contributed by atoms with E-state index in [1.165, 1.54) is 33.4 Å². The number of hydrogen-bond donors (Lipinski definition) is 0. The van der Waals surface area contributed by atoms with Crippen LogP contribution in [0.3, 0.4) is 0 Å². The molecule has 26 heavy (non-hydrogen) atoms. The maximum Gasteiger partial charge on any atom is 0.286 e. The van der Waals surface area contributed by atoms with Crippen molar-refractivity contribution >= 4 is 22.3 Å². The van der Waals surface area contributed by atoms with E-state index in [0.29, 0.717) is 12.1 Å².